The summed E-state index contributed by atoms with van der Waals surface area (Å²) >= 11 is 10.8. The van der Waals surface area contributed by atoms with Crippen molar-refractivity contribution < 1.29 is 0 Å². The summed E-state index contributed by atoms with van der Waals surface area (Å²) in [6.07, 6.45) is 2.14. The second kappa shape index (κ2) is 3.59. The van der Waals surface area contributed by atoms with Crippen LogP contribution in [0.2, 0.25) is 0 Å². The van der Waals surface area contributed by atoms with Gasteiger partial charge in [-0.3, -0.25) is 0 Å². The van der Waals surface area contributed by atoms with E-state index in [1.807, 2.05) is 0 Å². The molecule has 76 valence electrons. The van der Waals surface area contributed by atoms with Crippen LogP contribution in [0.25, 0.3) is 0 Å². The average molecular weight is 226 g/mol. The van der Waals surface area contributed by atoms with Gasteiger partial charge in [0.05, 0.1) is 0 Å². The SMILES string of the molecule is CN1CC/C(=C2\CCN(C)C2=S)C1=S. The van der Waals surface area contributed by atoms with Crippen LogP contribution in [0.1, 0.15) is 12.8 Å². The van der Waals surface area contributed by atoms with E-state index >= 15 is 0 Å². The minimum atomic E-state index is 0.998. The minimum absolute atomic E-state index is 0.998. The van der Waals surface area contributed by atoms with E-state index in [1.165, 1.54) is 11.1 Å². The zero-order valence-electron chi connectivity index (χ0n) is 8.54. The third-order valence-electron chi connectivity index (χ3n) is 2.97. The Labute approximate surface area is 95.6 Å². The molecule has 2 aliphatic heterocycles. The highest BCUT2D eigenvalue weighted by Gasteiger charge is 2.28. The zero-order chi connectivity index (χ0) is 10.3. The summed E-state index contributed by atoms with van der Waals surface area (Å²) in [4.78, 5) is 6.27. The fourth-order valence-electron chi connectivity index (χ4n) is 2.00. The summed E-state index contributed by atoms with van der Waals surface area (Å²) in [5, 5.41) is 0. The topological polar surface area (TPSA) is 6.48 Å². The van der Waals surface area contributed by atoms with E-state index in [0.717, 1.165) is 35.9 Å². The molecule has 2 nitrogen and oxygen atoms in total. The first kappa shape index (κ1) is 10.1. The lowest BCUT2D eigenvalue weighted by atomic mass is 10.1. The second-order valence-corrected chi connectivity index (χ2v) is 4.68. The molecule has 0 amide bonds. The zero-order valence-corrected chi connectivity index (χ0v) is 10.2. The van der Waals surface area contributed by atoms with Gasteiger partial charge in [-0.25, -0.2) is 0 Å². The van der Waals surface area contributed by atoms with Gasteiger partial charge in [0.25, 0.3) is 0 Å². The van der Waals surface area contributed by atoms with Gasteiger partial charge in [-0.05, 0) is 24.0 Å². The molecule has 0 saturated carbocycles. The predicted octanol–water partition coefficient (Wildman–Crippen LogP) is 1.61. The standard InChI is InChI=1S/C10H14N2S2/c1-11-5-3-7(9(11)13)8-4-6-12(2)10(8)14/h3-6H2,1-2H3/b8-7-. The molecule has 0 aromatic carbocycles. The van der Waals surface area contributed by atoms with E-state index in [9.17, 15) is 0 Å². The number of hydrogen-bond acceptors (Lipinski definition) is 2. The molecule has 0 N–H and O–H groups in total. The molecule has 0 bridgehead atoms. The fourth-order valence-corrected chi connectivity index (χ4v) is 2.63. The summed E-state index contributed by atoms with van der Waals surface area (Å²) in [6.45, 7) is 2.09. The van der Waals surface area contributed by atoms with Gasteiger partial charge in [0.15, 0.2) is 0 Å². The Balaban J connectivity index is 2.33. The summed E-state index contributed by atoms with van der Waals surface area (Å²) in [6, 6.07) is 0. The number of likely N-dealkylation sites (N-methyl/N-ethyl adjacent to an activating group) is 2. The van der Waals surface area contributed by atoms with Crippen LogP contribution in [0.4, 0.5) is 0 Å². The lowest BCUT2D eigenvalue weighted by Gasteiger charge is -2.11. The molecule has 0 atom stereocenters. The number of likely N-dealkylation sites (tertiary alicyclic amines) is 2. The van der Waals surface area contributed by atoms with Gasteiger partial charge < -0.3 is 9.80 Å². The van der Waals surface area contributed by atoms with Gasteiger partial charge in [-0.2, -0.15) is 0 Å². The van der Waals surface area contributed by atoms with Gasteiger partial charge >= 0.3 is 0 Å². The fraction of sp³-hybridized carbons (Fsp3) is 0.600. The van der Waals surface area contributed by atoms with E-state index in [4.69, 9.17) is 24.4 Å². The lowest BCUT2D eigenvalue weighted by Crippen LogP contribution is -2.20. The molecular formula is C10H14N2S2. The number of nitrogens with zero attached hydrogens (tertiary/aromatic N) is 2. The molecule has 0 aromatic rings. The van der Waals surface area contributed by atoms with E-state index in [-0.39, 0.29) is 0 Å². The van der Waals surface area contributed by atoms with Crippen molar-refractivity contribution in [3.05, 3.63) is 11.1 Å². The molecule has 14 heavy (non-hydrogen) atoms. The normalized spacial score (nSPS) is 28.1. The Kier molecular flexibility index (Phi) is 2.58. The van der Waals surface area contributed by atoms with Crippen LogP contribution in [0, 0.1) is 0 Å². The number of thiocarbonyl (C=S) groups is 2. The lowest BCUT2D eigenvalue weighted by molar-refractivity contribution is 0.557. The Morgan fingerprint density at radius 1 is 0.857 bits per heavy atom. The molecule has 0 spiro atoms. The third-order valence-corrected chi connectivity index (χ3v) is 4.08. The molecule has 2 heterocycles. The highest BCUT2D eigenvalue weighted by atomic mass is 32.1. The molecule has 2 fully saturated rings. The molecule has 4 heteroatoms. The van der Waals surface area contributed by atoms with Crippen LogP contribution < -0.4 is 0 Å². The summed E-state index contributed by atoms with van der Waals surface area (Å²) in [5.74, 6) is 0. The van der Waals surface area contributed by atoms with Crippen molar-refractivity contribution in [2.45, 2.75) is 12.8 Å². The Bertz CT molecular complexity index is 301. The van der Waals surface area contributed by atoms with Crippen LogP contribution in [0.5, 0.6) is 0 Å². The van der Waals surface area contributed by atoms with Gasteiger partial charge in [-0.1, -0.05) is 24.4 Å². The Morgan fingerprint density at radius 3 is 1.43 bits per heavy atom. The van der Waals surface area contributed by atoms with Crippen LogP contribution in [0.15, 0.2) is 11.1 Å². The monoisotopic (exact) mass is 226 g/mol. The first-order valence-corrected chi connectivity index (χ1v) is 5.66. The number of rotatable bonds is 0. The maximum atomic E-state index is 5.38. The van der Waals surface area contributed by atoms with Crippen molar-refractivity contribution in [3.63, 3.8) is 0 Å². The van der Waals surface area contributed by atoms with Gasteiger partial charge in [0, 0.05) is 27.2 Å². The summed E-state index contributed by atoms with van der Waals surface area (Å²) in [5.41, 5.74) is 2.63. The summed E-state index contributed by atoms with van der Waals surface area (Å²) < 4.78 is 0. The maximum absolute atomic E-state index is 5.38. The molecule has 2 aliphatic rings. The third kappa shape index (κ3) is 1.46. The van der Waals surface area contributed by atoms with Gasteiger partial charge in [-0.15, -0.1) is 0 Å². The van der Waals surface area contributed by atoms with E-state index < -0.39 is 0 Å². The first-order chi connectivity index (χ1) is 6.61. The summed E-state index contributed by atoms with van der Waals surface area (Å²) in [7, 11) is 4.11. The van der Waals surface area contributed by atoms with Crippen molar-refractivity contribution in [2.75, 3.05) is 27.2 Å². The molecular weight excluding hydrogens is 212 g/mol. The smallest absolute Gasteiger partial charge is 0.105 e. The largest absolute Gasteiger partial charge is 0.365 e. The quantitative estimate of drug-likeness (QED) is 0.457. The van der Waals surface area contributed by atoms with Crippen LogP contribution in [-0.2, 0) is 0 Å². The first-order valence-electron chi connectivity index (χ1n) is 4.84. The molecule has 0 radical (unpaired) electrons. The maximum Gasteiger partial charge on any atom is 0.105 e. The highest BCUT2D eigenvalue weighted by molar-refractivity contribution is 7.81. The molecule has 2 rings (SSSR count). The second-order valence-electron chi connectivity index (χ2n) is 3.91. The van der Waals surface area contributed by atoms with Crippen molar-refractivity contribution in [1.82, 2.24) is 9.80 Å². The van der Waals surface area contributed by atoms with Crippen LogP contribution in [0.3, 0.4) is 0 Å². The molecule has 2 saturated heterocycles. The van der Waals surface area contributed by atoms with Gasteiger partial charge in [0.1, 0.15) is 9.98 Å². The molecule has 0 unspecified atom stereocenters. The van der Waals surface area contributed by atoms with Crippen molar-refractivity contribution >= 4 is 34.4 Å². The number of hydrogen-bond donors (Lipinski definition) is 0. The molecule has 0 aromatic heterocycles. The predicted molar refractivity (Wildman–Crippen MR) is 66.7 cm³/mol. The minimum Gasteiger partial charge on any atom is -0.365 e. The van der Waals surface area contributed by atoms with Crippen molar-refractivity contribution in [3.8, 4) is 0 Å². The van der Waals surface area contributed by atoms with E-state index in [2.05, 4.69) is 23.9 Å². The Morgan fingerprint density at radius 2 is 1.21 bits per heavy atom. The van der Waals surface area contributed by atoms with Crippen molar-refractivity contribution in [1.29, 1.82) is 0 Å². The highest BCUT2D eigenvalue weighted by Crippen LogP contribution is 2.28. The molecule has 0 aliphatic carbocycles. The Hall–Kier alpha value is -0.480. The van der Waals surface area contributed by atoms with Crippen LogP contribution >= 0.6 is 24.4 Å². The van der Waals surface area contributed by atoms with Crippen molar-refractivity contribution in [2.24, 2.45) is 0 Å². The van der Waals surface area contributed by atoms with E-state index in [1.54, 1.807) is 0 Å². The van der Waals surface area contributed by atoms with E-state index in [0.29, 0.717) is 0 Å². The van der Waals surface area contributed by atoms with Gasteiger partial charge in [0.2, 0.25) is 0 Å². The average Bonchev–Trinajstić information content (AvgIpc) is 2.63. The van der Waals surface area contributed by atoms with Crippen LogP contribution in [-0.4, -0.2) is 47.0 Å².